The Morgan fingerprint density at radius 2 is 2.38 bits per heavy atom. The highest BCUT2D eigenvalue weighted by Crippen LogP contribution is 2.30. The van der Waals surface area contributed by atoms with Crippen molar-refractivity contribution in [3.05, 3.63) is 28.6 Å². The standard InChI is InChI=1S/C11H12BrN3S/c12-9-3-4-15-10(6-9)13-14-11(15)8-2-1-5-16-7-8/h3-4,6,8H,1-2,5,7H2. The SMILES string of the molecule is Brc1ccn2c(C3CCCSC3)nnc2c1. The first kappa shape index (κ1) is 10.6. The molecule has 0 aromatic carbocycles. The van der Waals surface area contributed by atoms with Crippen LogP contribution in [-0.4, -0.2) is 26.1 Å². The lowest BCUT2D eigenvalue weighted by molar-refractivity contribution is 0.617. The molecule has 2 aromatic rings. The predicted molar refractivity (Wildman–Crippen MR) is 70.0 cm³/mol. The lowest BCUT2D eigenvalue weighted by Gasteiger charge is -2.19. The maximum absolute atomic E-state index is 4.34. The highest BCUT2D eigenvalue weighted by molar-refractivity contribution is 9.10. The smallest absolute Gasteiger partial charge is 0.161 e. The molecular formula is C11H12BrN3S. The van der Waals surface area contributed by atoms with Crippen molar-refractivity contribution >= 4 is 33.3 Å². The molecule has 1 saturated heterocycles. The van der Waals surface area contributed by atoms with Gasteiger partial charge in [0.2, 0.25) is 0 Å². The number of rotatable bonds is 1. The van der Waals surface area contributed by atoms with Crippen LogP contribution < -0.4 is 0 Å². The Labute approximate surface area is 107 Å². The van der Waals surface area contributed by atoms with Gasteiger partial charge in [0, 0.05) is 22.3 Å². The minimum atomic E-state index is 0.565. The van der Waals surface area contributed by atoms with Crippen LogP contribution in [0.15, 0.2) is 22.8 Å². The highest BCUT2D eigenvalue weighted by Gasteiger charge is 2.20. The first-order valence-electron chi connectivity index (χ1n) is 5.42. The van der Waals surface area contributed by atoms with E-state index >= 15 is 0 Å². The van der Waals surface area contributed by atoms with Crippen LogP contribution >= 0.6 is 27.7 Å². The Hall–Kier alpha value is -0.550. The number of thioether (sulfide) groups is 1. The van der Waals surface area contributed by atoms with Crippen LogP contribution in [0.2, 0.25) is 0 Å². The van der Waals surface area contributed by atoms with E-state index in [4.69, 9.17) is 0 Å². The minimum absolute atomic E-state index is 0.565. The summed E-state index contributed by atoms with van der Waals surface area (Å²) < 4.78 is 3.17. The fraction of sp³-hybridized carbons (Fsp3) is 0.455. The Bertz CT molecular complexity index is 505. The van der Waals surface area contributed by atoms with Gasteiger partial charge in [-0.15, -0.1) is 10.2 Å². The van der Waals surface area contributed by atoms with Crippen molar-refractivity contribution < 1.29 is 0 Å². The predicted octanol–water partition coefficient (Wildman–Crippen LogP) is 3.10. The van der Waals surface area contributed by atoms with Gasteiger partial charge < -0.3 is 0 Å². The molecule has 0 saturated carbocycles. The summed E-state index contributed by atoms with van der Waals surface area (Å²) in [7, 11) is 0. The molecule has 1 unspecified atom stereocenters. The van der Waals surface area contributed by atoms with E-state index in [0.717, 1.165) is 15.9 Å². The third-order valence-corrected chi connectivity index (χ3v) is 4.63. The fourth-order valence-electron chi connectivity index (χ4n) is 2.11. The van der Waals surface area contributed by atoms with Crippen molar-refractivity contribution in [2.45, 2.75) is 18.8 Å². The summed E-state index contributed by atoms with van der Waals surface area (Å²) in [6, 6.07) is 4.04. The van der Waals surface area contributed by atoms with Gasteiger partial charge in [0.25, 0.3) is 0 Å². The normalized spacial score (nSPS) is 21.4. The van der Waals surface area contributed by atoms with Crippen LogP contribution in [0.3, 0.4) is 0 Å². The van der Waals surface area contributed by atoms with Gasteiger partial charge >= 0.3 is 0 Å². The number of hydrogen-bond acceptors (Lipinski definition) is 3. The van der Waals surface area contributed by atoms with Crippen molar-refractivity contribution in [1.29, 1.82) is 0 Å². The summed E-state index contributed by atoms with van der Waals surface area (Å²) >= 11 is 5.48. The molecule has 0 bridgehead atoms. The van der Waals surface area contributed by atoms with Gasteiger partial charge in [-0.2, -0.15) is 11.8 Å². The zero-order chi connectivity index (χ0) is 11.0. The molecule has 0 amide bonds. The van der Waals surface area contributed by atoms with Crippen molar-refractivity contribution in [2.75, 3.05) is 11.5 Å². The molecule has 0 aliphatic carbocycles. The van der Waals surface area contributed by atoms with Crippen LogP contribution in [0.5, 0.6) is 0 Å². The maximum atomic E-state index is 4.34. The van der Waals surface area contributed by atoms with Crippen LogP contribution in [-0.2, 0) is 0 Å². The van der Waals surface area contributed by atoms with Crippen molar-refractivity contribution in [3.8, 4) is 0 Å². The maximum Gasteiger partial charge on any atom is 0.161 e. The number of nitrogens with zero attached hydrogens (tertiary/aromatic N) is 3. The molecule has 1 fully saturated rings. The summed E-state index contributed by atoms with van der Waals surface area (Å²) in [5.41, 5.74) is 0.931. The second kappa shape index (κ2) is 4.37. The first-order chi connectivity index (χ1) is 7.84. The highest BCUT2D eigenvalue weighted by atomic mass is 79.9. The summed E-state index contributed by atoms with van der Waals surface area (Å²) in [4.78, 5) is 0. The zero-order valence-electron chi connectivity index (χ0n) is 8.77. The average Bonchev–Trinajstić information content (AvgIpc) is 2.73. The number of pyridine rings is 1. The van der Waals surface area contributed by atoms with E-state index in [1.807, 2.05) is 30.1 Å². The Kier molecular flexibility index (Phi) is 2.90. The summed E-state index contributed by atoms with van der Waals surface area (Å²) in [6.45, 7) is 0. The summed E-state index contributed by atoms with van der Waals surface area (Å²) in [5.74, 6) is 4.15. The van der Waals surface area contributed by atoms with Crippen LogP contribution in [0, 0.1) is 0 Å². The molecule has 3 rings (SSSR count). The third-order valence-electron chi connectivity index (χ3n) is 2.92. The lowest BCUT2D eigenvalue weighted by Crippen LogP contribution is -2.12. The average molecular weight is 298 g/mol. The van der Waals surface area contributed by atoms with Gasteiger partial charge in [-0.1, -0.05) is 15.9 Å². The van der Waals surface area contributed by atoms with Gasteiger partial charge in [-0.25, -0.2) is 0 Å². The molecule has 1 aliphatic heterocycles. The van der Waals surface area contributed by atoms with Crippen molar-refractivity contribution in [3.63, 3.8) is 0 Å². The van der Waals surface area contributed by atoms with E-state index in [-0.39, 0.29) is 0 Å². The molecule has 5 heteroatoms. The van der Waals surface area contributed by atoms with Gasteiger partial charge in [0.1, 0.15) is 5.82 Å². The quantitative estimate of drug-likeness (QED) is 0.810. The largest absolute Gasteiger partial charge is 0.286 e. The van der Waals surface area contributed by atoms with Crippen LogP contribution in [0.1, 0.15) is 24.6 Å². The van der Waals surface area contributed by atoms with E-state index in [2.05, 4.69) is 30.5 Å². The molecule has 3 nitrogen and oxygen atoms in total. The number of halogens is 1. The Morgan fingerprint density at radius 3 is 3.19 bits per heavy atom. The second-order valence-electron chi connectivity index (χ2n) is 4.05. The second-order valence-corrected chi connectivity index (χ2v) is 6.11. The van der Waals surface area contributed by atoms with E-state index in [1.54, 1.807) is 0 Å². The third kappa shape index (κ3) is 1.86. The molecule has 2 aromatic heterocycles. The Balaban J connectivity index is 2.03. The van der Waals surface area contributed by atoms with Gasteiger partial charge in [0.05, 0.1) is 0 Å². The summed E-state index contributed by atoms with van der Waals surface area (Å²) in [5, 5.41) is 8.57. The molecule has 1 atom stereocenters. The van der Waals surface area contributed by atoms with E-state index < -0.39 is 0 Å². The van der Waals surface area contributed by atoms with Crippen molar-refractivity contribution in [2.24, 2.45) is 0 Å². The van der Waals surface area contributed by atoms with Crippen LogP contribution in [0.25, 0.3) is 5.65 Å². The van der Waals surface area contributed by atoms with Gasteiger partial charge in [0.15, 0.2) is 5.65 Å². The Morgan fingerprint density at radius 1 is 1.44 bits per heavy atom. The molecule has 84 valence electrons. The van der Waals surface area contributed by atoms with E-state index in [1.165, 1.54) is 24.3 Å². The molecule has 3 heterocycles. The zero-order valence-corrected chi connectivity index (χ0v) is 11.2. The van der Waals surface area contributed by atoms with Crippen molar-refractivity contribution in [1.82, 2.24) is 14.6 Å². The number of hydrogen-bond donors (Lipinski definition) is 0. The molecule has 0 spiro atoms. The molecule has 0 N–H and O–H groups in total. The molecular weight excluding hydrogens is 286 g/mol. The fourth-order valence-corrected chi connectivity index (χ4v) is 3.57. The topological polar surface area (TPSA) is 30.2 Å². The molecule has 1 aliphatic rings. The number of aromatic nitrogens is 3. The van der Waals surface area contributed by atoms with E-state index in [0.29, 0.717) is 5.92 Å². The van der Waals surface area contributed by atoms with Gasteiger partial charge in [-0.3, -0.25) is 4.40 Å². The van der Waals surface area contributed by atoms with Crippen LogP contribution in [0.4, 0.5) is 0 Å². The van der Waals surface area contributed by atoms with E-state index in [9.17, 15) is 0 Å². The van der Waals surface area contributed by atoms with Gasteiger partial charge in [-0.05, 0) is 30.7 Å². The first-order valence-corrected chi connectivity index (χ1v) is 7.37. The molecule has 16 heavy (non-hydrogen) atoms. The monoisotopic (exact) mass is 297 g/mol. The number of fused-ring (bicyclic) bond motifs is 1. The summed E-state index contributed by atoms with van der Waals surface area (Å²) in [6.07, 6.45) is 4.58. The lowest BCUT2D eigenvalue weighted by atomic mass is 10.1. The molecule has 0 radical (unpaired) electrons. The minimum Gasteiger partial charge on any atom is -0.286 e.